The van der Waals surface area contributed by atoms with Gasteiger partial charge in [-0.2, -0.15) is 12.6 Å². The van der Waals surface area contributed by atoms with E-state index in [1.165, 1.54) is 0 Å². The quantitative estimate of drug-likeness (QED) is 0.210. The van der Waals surface area contributed by atoms with Gasteiger partial charge >= 0.3 is 0 Å². The van der Waals surface area contributed by atoms with E-state index in [0.29, 0.717) is 0 Å². The third-order valence-electron chi connectivity index (χ3n) is 0. The molecule has 0 unspecified atom stereocenters. The van der Waals surface area contributed by atoms with Gasteiger partial charge in [-0.1, -0.05) is 0 Å². The van der Waals surface area contributed by atoms with E-state index in [9.17, 15) is 0 Å². The zero-order chi connectivity index (χ0) is 10.7. The Morgan fingerprint density at radius 3 is 0.538 bits per heavy atom. The van der Waals surface area contributed by atoms with Crippen LogP contribution in [0.1, 0.15) is 0 Å². The zero-order valence-corrected chi connectivity index (χ0v) is 7.58. The fourth-order valence-corrected chi connectivity index (χ4v) is 0. The maximum atomic E-state index is 8.67. The molecular weight excluding hydrogens is 251 g/mol. The first-order valence-corrected chi connectivity index (χ1v) is 4.79. The largest absolute Gasteiger partial charge is 0.299 e. The van der Waals surface area contributed by atoms with Crippen LogP contribution in [0, 0.1) is 0 Å². The normalized spacial score (nSPS) is 8.08. The molecule has 0 spiro atoms. The van der Waals surface area contributed by atoms with Crippen molar-refractivity contribution >= 4 is 42.5 Å². The van der Waals surface area contributed by atoms with Crippen LogP contribution in [0.3, 0.4) is 0 Å². The summed E-state index contributed by atoms with van der Waals surface area (Å²) < 4.78 is 68.5. The molecule has 0 saturated heterocycles. The standard InChI is InChI=1S/BH3.3H2O3S/c;3*1-4(2)3/h1H3;3*(H2,1,2,3). The summed E-state index contributed by atoms with van der Waals surface area (Å²) in [5, 5.41) is 0. The third-order valence-corrected chi connectivity index (χ3v) is 0. The van der Waals surface area contributed by atoms with Crippen molar-refractivity contribution in [1.29, 1.82) is 0 Å². The lowest BCUT2D eigenvalue weighted by atomic mass is 10.8. The molecule has 0 heterocycles. The van der Waals surface area contributed by atoms with Gasteiger partial charge in [-0.15, -0.1) is 0 Å². The number of hydrogen-bond acceptors (Lipinski definition) is 3. The van der Waals surface area contributed by atoms with Crippen LogP contribution < -0.4 is 0 Å². The topological polar surface area (TPSA) is 173 Å². The second-order valence-corrected chi connectivity index (χ2v) is 2.08. The summed E-state index contributed by atoms with van der Waals surface area (Å²) in [4.78, 5) is 0. The van der Waals surface area contributed by atoms with E-state index in [-0.39, 0.29) is 8.41 Å². The molecule has 0 saturated carbocycles. The summed E-state index contributed by atoms with van der Waals surface area (Å²) in [7, 11) is 0. The second-order valence-electron chi connectivity index (χ2n) is 0.692. The average Bonchev–Trinajstić information content (AvgIpc) is 1.54. The minimum Gasteiger partial charge on any atom is -0.284 e. The molecule has 13 heavy (non-hydrogen) atoms. The van der Waals surface area contributed by atoms with E-state index in [1.807, 2.05) is 0 Å². The summed E-state index contributed by atoms with van der Waals surface area (Å²) in [6.45, 7) is 0. The molecule has 0 aliphatic heterocycles. The molecule has 6 N–H and O–H groups in total. The predicted molar refractivity (Wildman–Crippen MR) is 50.1 cm³/mol. The van der Waals surface area contributed by atoms with Crippen LogP contribution in [0.25, 0.3) is 0 Å². The predicted octanol–water partition coefficient (Wildman–Crippen LogP) is -2.14. The summed E-state index contributed by atoms with van der Waals surface area (Å²) in [5.41, 5.74) is 0. The second kappa shape index (κ2) is 18.1. The van der Waals surface area contributed by atoms with Crippen molar-refractivity contribution in [2.75, 3.05) is 0 Å². The summed E-state index contributed by atoms with van der Waals surface area (Å²) in [5.74, 6) is 0. The number of rotatable bonds is 0. The molecule has 0 bridgehead atoms. The van der Waals surface area contributed by atoms with E-state index in [0.717, 1.165) is 0 Å². The first-order valence-electron chi connectivity index (χ1n) is 1.60. The monoisotopic (exact) mass is 260 g/mol. The van der Waals surface area contributed by atoms with Crippen LogP contribution >= 0.6 is 0 Å². The van der Waals surface area contributed by atoms with Crippen molar-refractivity contribution in [3.05, 3.63) is 0 Å². The van der Waals surface area contributed by atoms with Gasteiger partial charge in [-0.25, -0.2) is 0 Å². The van der Waals surface area contributed by atoms with E-state index < -0.39 is 34.1 Å². The average molecular weight is 260 g/mol. The highest BCUT2D eigenvalue weighted by Crippen LogP contribution is 1.45. The molecular formula is H9BO9S3. The minimum atomic E-state index is -2.61. The molecule has 0 fully saturated rings. The Labute approximate surface area is 82.9 Å². The van der Waals surface area contributed by atoms with Crippen molar-refractivity contribution < 1.29 is 39.9 Å². The molecule has 0 aliphatic carbocycles. The van der Waals surface area contributed by atoms with Crippen LogP contribution in [-0.2, 0) is 34.1 Å². The van der Waals surface area contributed by atoms with Gasteiger partial charge in [0.15, 0.2) is 0 Å². The van der Waals surface area contributed by atoms with Gasteiger partial charge in [-0.05, 0) is 0 Å². The summed E-state index contributed by atoms with van der Waals surface area (Å²) >= 11 is -7.83. The molecule has 0 aliphatic rings. The SMILES string of the molecule is B.O=S(O)O.O=S(O)O.O=S(O)O. The molecule has 0 aromatic heterocycles. The Balaban J connectivity index is -0.0000000450. The molecule has 13 heteroatoms. The van der Waals surface area contributed by atoms with Crippen LogP contribution in [0.5, 0.6) is 0 Å². The third kappa shape index (κ3) is 17100. The lowest BCUT2D eigenvalue weighted by Gasteiger charge is -1.59. The Hall–Kier alpha value is 0.275. The maximum Gasteiger partial charge on any atom is 0.299 e. The molecule has 0 rings (SSSR count). The van der Waals surface area contributed by atoms with Gasteiger partial charge in [0.2, 0.25) is 0 Å². The Kier molecular flexibility index (Phi) is 32.4. The van der Waals surface area contributed by atoms with Crippen molar-refractivity contribution in [1.82, 2.24) is 0 Å². The van der Waals surface area contributed by atoms with Crippen molar-refractivity contribution in [2.45, 2.75) is 0 Å². The molecule has 84 valence electrons. The van der Waals surface area contributed by atoms with Gasteiger partial charge in [0, 0.05) is 0 Å². The highest BCUT2D eigenvalue weighted by molar-refractivity contribution is 7.73. The fraction of sp³-hybridized carbons (Fsp3) is 0. The Bertz CT molecular complexity index is 112. The van der Waals surface area contributed by atoms with Gasteiger partial charge < -0.3 is 0 Å². The van der Waals surface area contributed by atoms with Crippen molar-refractivity contribution in [2.24, 2.45) is 0 Å². The molecule has 9 nitrogen and oxygen atoms in total. The zero-order valence-electron chi connectivity index (χ0n) is 5.13. The van der Waals surface area contributed by atoms with E-state index >= 15 is 0 Å². The molecule has 0 aromatic rings. The smallest absolute Gasteiger partial charge is 0.284 e. The highest BCUT2D eigenvalue weighted by atomic mass is 32.2. The van der Waals surface area contributed by atoms with Crippen LogP contribution in [-0.4, -0.2) is 48.4 Å². The van der Waals surface area contributed by atoms with Crippen molar-refractivity contribution in [3.63, 3.8) is 0 Å². The van der Waals surface area contributed by atoms with Gasteiger partial charge in [-0.3, -0.25) is 27.3 Å². The molecule has 0 aromatic carbocycles. The minimum absolute atomic E-state index is 0. The van der Waals surface area contributed by atoms with E-state index in [4.69, 9.17) is 39.9 Å². The van der Waals surface area contributed by atoms with Crippen LogP contribution in [0.4, 0.5) is 0 Å². The van der Waals surface area contributed by atoms with Gasteiger partial charge in [0.25, 0.3) is 34.1 Å². The maximum absolute atomic E-state index is 8.67. The van der Waals surface area contributed by atoms with Gasteiger partial charge in [0.05, 0.1) is 8.41 Å². The lowest BCUT2D eigenvalue weighted by molar-refractivity contribution is 0.452. The molecule has 0 atom stereocenters. The first kappa shape index (κ1) is 23.3. The van der Waals surface area contributed by atoms with Crippen LogP contribution in [0.15, 0.2) is 0 Å². The van der Waals surface area contributed by atoms with E-state index in [2.05, 4.69) is 0 Å². The summed E-state index contributed by atoms with van der Waals surface area (Å²) in [6.07, 6.45) is 0. The first-order chi connectivity index (χ1) is 5.20. The highest BCUT2D eigenvalue weighted by Gasteiger charge is 1.63. The molecule has 0 radical (unpaired) electrons. The van der Waals surface area contributed by atoms with E-state index in [1.54, 1.807) is 0 Å². The summed E-state index contributed by atoms with van der Waals surface area (Å²) in [6, 6.07) is 0. The Morgan fingerprint density at radius 1 is 0.538 bits per heavy atom. The lowest BCUT2D eigenvalue weighted by Crippen LogP contribution is -1.74. The molecule has 0 amide bonds. The number of hydrogen-bond donors (Lipinski definition) is 6. The fourth-order valence-electron chi connectivity index (χ4n) is 0. The van der Waals surface area contributed by atoms with Crippen molar-refractivity contribution in [3.8, 4) is 0 Å². The van der Waals surface area contributed by atoms with Gasteiger partial charge in [0.1, 0.15) is 0 Å². The Morgan fingerprint density at radius 2 is 0.538 bits per heavy atom. The van der Waals surface area contributed by atoms with Crippen LogP contribution in [0.2, 0.25) is 0 Å².